The molecule has 15 heavy (non-hydrogen) atoms. The topological polar surface area (TPSA) is 45.6 Å². The lowest BCUT2D eigenvalue weighted by atomic mass is 10.2. The van der Waals surface area contributed by atoms with Crippen molar-refractivity contribution in [3.05, 3.63) is 16.6 Å². The predicted octanol–water partition coefficient (Wildman–Crippen LogP) is 0.725. The lowest BCUT2D eigenvalue weighted by Crippen LogP contribution is -2.47. The molecule has 0 aromatic carbocycles. The van der Waals surface area contributed by atoms with Gasteiger partial charge in [-0.15, -0.1) is 11.3 Å². The minimum absolute atomic E-state index is 0.0487. The van der Waals surface area contributed by atoms with E-state index in [0.717, 1.165) is 25.3 Å². The van der Waals surface area contributed by atoms with Crippen molar-refractivity contribution in [3.63, 3.8) is 0 Å². The number of aliphatic hydroxyl groups is 1. The molecule has 2 rings (SSSR count). The van der Waals surface area contributed by atoms with Crippen molar-refractivity contribution in [3.8, 4) is 0 Å². The zero-order valence-corrected chi connectivity index (χ0v) is 9.61. The summed E-state index contributed by atoms with van der Waals surface area (Å²) in [6.45, 7) is 4.69. The first kappa shape index (κ1) is 11.0. The SMILES string of the molecule is CC1CN(Cc2cscn2)CC(CO)O1. The highest BCUT2D eigenvalue weighted by molar-refractivity contribution is 7.07. The average Bonchev–Trinajstić information content (AvgIpc) is 2.69. The molecule has 1 aromatic heterocycles. The van der Waals surface area contributed by atoms with Gasteiger partial charge in [0, 0.05) is 25.0 Å². The molecule has 4 nitrogen and oxygen atoms in total. The van der Waals surface area contributed by atoms with Gasteiger partial charge >= 0.3 is 0 Å². The molecule has 2 unspecified atom stereocenters. The lowest BCUT2D eigenvalue weighted by molar-refractivity contribution is -0.0974. The van der Waals surface area contributed by atoms with Gasteiger partial charge in [0.1, 0.15) is 0 Å². The van der Waals surface area contributed by atoms with Gasteiger partial charge in [0.15, 0.2) is 0 Å². The highest BCUT2D eigenvalue weighted by Crippen LogP contribution is 2.14. The van der Waals surface area contributed by atoms with Crippen LogP contribution >= 0.6 is 11.3 Å². The highest BCUT2D eigenvalue weighted by Gasteiger charge is 2.24. The van der Waals surface area contributed by atoms with Crippen LogP contribution in [-0.2, 0) is 11.3 Å². The number of hydrogen-bond donors (Lipinski definition) is 1. The molecule has 1 saturated heterocycles. The molecule has 2 heterocycles. The number of nitrogens with zero attached hydrogens (tertiary/aromatic N) is 2. The van der Waals surface area contributed by atoms with Crippen molar-refractivity contribution in [2.24, 2.45) is 0 Å². The van der Waals surface area contributed by atoms with Gasteiger partial charge in [-0.3, -0.25) is 4.90 Å². The van der Waals surface area contributed by atoms with E-state index >= 15 is 0 Å². The molecule has 0 saturated carbocycles. The Kier molecular flexibility index (Phi) is 3.69. The van der Waals surface area contributed by atoms with Crippen molar-refractivity contribution >= 4 is 11.3 Å². The Morgan fingerprint density at radius 1 is 1.67 bits per heavy atom. The summed E-state index contributed by atoms with van der Waals surface area (Å²) < 4.78 is 5.58. The number of aliphatic hydroxyl groups excluding tert-OH is 1. The Morgan fingerprint density at radius 3 is 3.20 bits per heavy atom. The van der Waals surface area contributed by atoms with Gasteiger partial charge in [-0.2, -0.15) is 0 Å². The van der Waals surface area contributed by atoms with E-state index in [0.29, 0.717) is 0 Å². The molecular formula is C10H16N2O2S. The summed E-state index contributed by atoms with van der Waals surface area (Å²) in [7, 11) is 0. The molecule has 1 fully saturated rings. The largest absolute Gasteiger partial charge is 0.394 e. The summed E-state index contributed by atoms with van der Waals surface area (Å²) in [6.07, 6.45) is 0.141. The number of hydrogen-bond acceptors (Lipinski definition) is 5. The first-order chi connectivity index (χ1) is 7.28. The van der Waals surface area contributed by atoms with Crippen molar-refractivity contribution < 1.29 is 9.84 Å². The fourth-order valence-electron chi connectivity index (χ4n) is 1.92. The standard InChI is InChI=1S/C10H16N2O2S/c1-8-2-12(4-10(5-13)14-8)3-9-6-15-7-11-9/h6-8,10,13H,2-5H2,1H3. The monoisotopic (exact) mass is 228 g/mol. The zero-order valence-electron chi connectivity index (χ0n) is 8.80. The molecule has 0 radical (unpaired) electrons. The number of rotatable bonds is 3. The molecular weight excluding hydrogens is 212 g/mol. The summed E-state index contributed by atoms with van der Waals surface area (Å²) in [6, 6.07) is 0. The van der Waals surface area contributed by atoms with Crippen LogP contribution in [0.2, 0.25) is 0 Å². The molecule has 1 aliphatic rings. The van der Waals surface area contributed by atoms with Crippen molar-refractivity contribution in [2.75, 3.05) is 19.7 Å². The summed E-state index contributed by atoms with van der Waals surface area (Å²) in [4.78, 5) is 6.54. The summed E-state index contributed by atoms with van der Waals surface area (Å²) in [5, 5.41) is 11.2. The van der Waals surface area contributed by atoms with Crippen molar-refractivity contribution in [1.82, 2.24) is 9.88 Å². The number of morpholine rings is 1. The van der Waals surface area contributed by atoms with Crippen LogP contribution in [0, 0.1) is 0 Å². The van der Waals surface area contributed by atoms with Crippen molar-refractivity contribution in [2.45, 2.75) is 25.7 Å². The Hall–Kier alpha value is -0.490. The van der Waals surface area contributed by atoms with E-state index in [1.54, 1.807) is 11.3 Å². The van der Waals surface area contributed by atoms with Gasteiger partial charge in [-0.1, -0.05) is 0 Å². The van der Waals surface area contributed by atoms with E-state index in [4.69, 9.17) is 9.84 Å². The first-order valence-electron chi connectivity index (χ1n) is 5.13. The quantitative estimate of drug-likeness (QED) is 0.828. The Balaban J connectivity index is 1.91. The van der Waals surface area contributed by atoms with E-state index < -0.39 is 0 Å². The smallest absolute Gasteiger partial charge is 0.0936 e. The third kappa shape index (κ3) is 2.98. The highest BCUT2D eigenvalue weighted by atomic mass is 32.1. The van der Waals surface area contributed by atoms with Crippen LogP contribution in [0.25, 0.3) is 0 Å². The number of thiazole rings is 1. The maximum atomic E-state index is 9.09. The van der Waals surface area contributed by atoms with E-state index in [-0.39, 0.29) is 18.8 Å². The zero-order chi connectivity index (χ0) is 10.7. The van der Waals surface area contributed by atoms with E-state index in [9.17, 15) is 0 Å². The second-order valence-corrected chi connectivity index (χ2v) is 4.64. The minimum Gasteiger partial charge on any atom is -0.394 e. The van der Waals surface area contributed by atoms with Crippen LogP contribution in [-0.4, -0.2) is 46.9 Å². The second kappa shape index (κ2) is 5.03. The Labute approximate surface area is 93.5 Å². The van der Waals surface area contributed by atoms with Crippen LogP contribution in [0.3, 0.4) is 0 Å². The Bertz CT molecular complexity index is 292. The molecule has 1 N–H and O–H groups in total. The number of ether oxygens (including phenoxy) is 1. The van der Waals surface area contributed by atoms with Gasteiger partial charge in [0.25, 0.3) is 0 Å². The van der Waals surface area contributed by atoms with Gasteiger partial charge in [0.2, 0.25) is 0 Å². The van der Waals surface area contributed by atoms with Gasteiger partial charge in [0.05, 0.1) is 30.0 Å². The lowest BCUT2D eigenvalue weighted by Gasteiger charge is -2.35. The summed E-state index contributed by atoms with van der Waals surface area (Å²) >= 11 is 1.62. The van der Waals surface area contributed by atoms with Gasteiger partial charge < -0.3 is 9.84 Å². The van der Waals surface area contributed by atoms with Crippen LogP contribution in [0.4, 0.5) is 0 Å². The fourth-order valence-corrected chi connectivity index (χ4v) is 2.46. The van der Waals surface area contributed by atoms with E-state index in [1.165, 1.54) is 0 Å². The minimum atomic E-state index is -0.0487. The molecule has 2 atom stereocenters. The Morgan fingerprint density at radius 2 is 2.53 bits per heavy atom. The molecule has 84 valence electrons. The second-order valence-electron chi connectivity index (χ2n) is 3.93. The third-order valence-corrected chi connectivity index (χ3v) is 3.11. The molecule has 5 heteroatoms. The predicted molar refractivity (Wildman–Crippen MR) is 58.8 cm³/mol. The third-order valence-electron chi connectivity index (χ3n) is 2.47. The normalized spacial score (nSPS) is 28.1. The molecule has 1 aliphatic heterocycles. The average molecular weight is 228 g/mol. The fraction of sp³-hybridized carbons (Fsp3) is 0.700. The van der Waals surface area contributed by atoms with Crippen LogP contribution in [0.5, 0.6) is 0 Å². The van der Waals surface area contributed by atoms with Gasteiger partial charge in [-0.25, -0.2) is 4.98 Å². The molecule has 0 bridgehead atoms. The molecule has 0 spiro atoms. The van der Waals surface area contributed by atoms with E-state index in [1.807, 2.05) is 12.4 Å². The molecule has 0 aliphatic carbocycles. The van der Waals surface area contributed by atoms with Crippen LogP contribution in [0.1, 0.15) is 12.6 Å². The van der Waals surface area contributed by atoms with E-state index in [2.05, 4.69) is 15.3 Å². The number of aromatic nitrogens is 1. The van der Waals surface area contributed by atoms with Gasteiger partial charge in [-0.05, 0) is 6.92 Å². The maximum Gasteiger partial charge on any atom is 0.0936 e. The van der Waals surface area contributed by atoms with Crippen LogP contribution in [0.15, 0.2) is 10.9 Å². The summed E-state index contributed by atoms with van der Waals surface area (Å²) in [5.41, 5.74) is 2.95. The van der Waals surface area contributed by atoms with Crippen LogP contribution < -0.4 is 0 Å². The van der Waals surface area contributed by atoms with Crippen molar-refractivity contribution in [1.29, 1.82) is 0 Å². The first-order valence-corrected chi connectivity index (χ1v) is 6.08. The summed E-state index contributed by atoms with van der Waals surface area (Å²) in [5.74, 6) is 0. The maximum absolute atomic E-state index is 9.09. The molecule has 1 aromatic rings. The molecule has 0 amide bonds.